The predicted molar refractivity (Wildman–Crippen MR) is 92.6 cm³/mol. The van der Waals surface area contributed by atoms with Gasteiger partial charge >= 0.3 is 0 Å². The normalized spacial score (nSPS) is 20.5. The Hall–Kier alpha value is -2.43. The second-order valence-electron chi connectivity index (χ2n) is 5.92. The van der Waals surface area contributed by atoms with E-state index >= 15 is 0 Å². The smallest absolute Gasteiger partial charge is 0.125 e. The maximum atomic E-state index is 11.0. The topological polar surface area (TPSA) is 77.5 Å². The Kier molecular flexibility index (Phi) is 3.52. The first-order valence-corrected chi connectivity index (χ1v) is 8.36. The van der Waals surface area contributed by atoms with E-state index in [9.17, 15) is 10.4 Å². The number of anilines is 1. The molecule has 0 aliphatic carbocycles. The third-order valence-electron chi connectivity index (χ3n) is 4.41. The largest absolute Gasteiger partial charge is 0.382 e. The number of fused-ring (bicyclic) bond motifs is 1. The van der Waals surface area contributed by atoms with Crippen LogP contribution in [-0.4, -0.2) is 32.8 Å². The van der Waals surface area contributed by atoms with Crippen LogP contribution in [0.5, 0.6) is 0 Å². The fourth-order valence-corrected chi connectivity index (χ4v) is 3.65. The van der Waals surface area contributed by atoms with Crippen LogP contribution in [0.1, 0.15) is 17.7 Å². The molecule has 0 saturated carbocycles. The van der Waals surface area contributed by atoms with Crippen molar-refractivity contribution in [3.8, 4) is 6.07 Å². The van der Waals surface area contributed by atoms with E-state index < -0.39 is 5.60 Å². The van der Waals surface area contributed by atoms with E-state index in [1.165, 1.54) is 0 Å². The molecule has 3 aromatic heterocycles. The van der Waals surface area contributed by atoms with Crippen LogP contribution in [0.2, 0.25) is 0 Å². The molecule has 6 nitrogen and oxygen atoms in total. The Morgan fingerprint density at radius 1 is 1.38 bits per heavy atom. The second kappa shape index (κ2) is 5.58. The summed E-state index contributed by atoms with van der Waals surface area (Å²) >= 11 is 3.49. The molecule has 1 saturated heterocycles. The van der Waals surface area contributed by atoms with E-state index in [0.29, 0.717) is 30.8 Å². The summed E-state index contributed by atoms with van der Waals surface area (Å²) in [5.74, 6) is 0. The first-order chi connectivity index (χ1) is 11.6. The molecule has 1 aliphatic rings. The molecule has 0 radical (unpaired) electrons. The van der Waals surface area contributed by atoms with E-state index in [-0.39, 0.29) is 0 Å². The van der Waals surface area contributed by atoms with E-state index in [0.717, 1.165) is 15.7 Å². The summed E-state index contributed by atoms with van der Waals surface area (Å²) in [6.07, 6.45) is 5.66. The van der Waals surface area contributed by atoms with Crippen molar-refractivity contribution in [3.63, 3.8) is 0 Å². The lowest BCUT2D eigenvalue weighted by atomic mass is 9.98. The number of aromatic nitrogens is 3. The molecular formula is C17H14BrN5O. The first kappa shape index (κ1) is 15.1. The van der Waals surface area contributed by atoms with E-state index in [1.54, 1.807) is 16.9 Å². The van der Waals surface area contributed by atoms with Crippen molar-refractivity contribution in [1.82, 2.24) is 14.6 Å². The van der Waals surface area contributed by atoms with Gasteiger partial charge < -0.3 is 10.0 Å². The molecule has 1 aliphatic heterocycles. The maximum Gasteiger partial charge on any atom is 0.125 e. The minimum Gasteiger partial charge on any atom is -0.382 e. The Bertz CT molecular complexity index is 949. The molecule has 0 spiro atoms. The van der Waals surface area contributed by atoms with Crippen LogP contribution < -0.4 is 4.90 Å². The first-order valence-electron chi connectivity index (χ1n) is 7.56. The van der Waals surface area contributed by atoms with Crippen molar-refractivity contribution < 1.29 is 5.11 Å². The summed E-state index contributed by atoms with van der Waals surface area (Å²) in [5.41, 5.74) is 1.84. The number of pyridine rings is 2. The molecule has 1 atom stereocenters. The Labute approximate surface area is 147 Å². The van der Waals surface area contributed by atoms with Crippen molar-refractivity contribution in [3.05, 3.63) is 58.6 Å². The number of β-amino-alcohol motifs (C(OH)–C–C–N with tert-alkyl or cyclic N) is 1. The summed E-state index contributed by atoms with van der Waals surface area (Å²) < 4.78 is 2.56. The molecule has 4 rings (SSSR count). The lowest BCUT2D eigenvalue weighted by Gasteiger charge is -2.24. The van der Waals surface area contributed by atoms with Gasteiger partial charge in [-0.25, -0.2) is 4.52 Å². The standard InChI is InChI=1S/C17H14BrN5O/c18-13-7-14(16-12(8-19)9-21-23(16)10-13)22-6-4-17(24,11-22)15-3-1-2-5-20-15/h1-3,5,7,9-10,24H,4,6,11H2. The van der Waals surface area contributed by atoms with Gasteiger partial charge in [0, 0.05) is 29.8 Å². The Balaban J connectivity index is 1.77. The average Bonchev–Trinajstić information content (AvgIpc) is 3.19. The summed E-state index contributed by atoms with van der Waals surface area (Å²) in [6, 6.07) is 9.71. The third kappa shape index (κ3) is 2.35. The number of nitriles is 1. The van der Waals surface area contributed by atoms with Crippen molar-refractivity contribution >= 4 is 27.1 Å². The number of rotatable bonds is 2. The van der Waals surface area contributed by atoms with Crippen LogP contribution in [0.15, 0.2) is 47.3 Å². The van der Waals surface area contributed by atoms with E-state index in [1.807, 2.05) is 30.5 Å². The molecule has 24 heavy (non-hydrogen) atoms. The molecule has 3 aromatic rings. The minimum atomic E-state index is -0.993. The molecule has 1 N–H and O–H groups in total. The number of aliphatic hydroxyl groups is 1. The third-order valence-corrected chi connectivity index (χ3v) is 4.84. The molecular weight excluding hydrogens is 370 g/mol. The van der Waals surface area contributed by atoms with Crippen molar-refractivity contribution in [2.75, 3.05) is 18.0 Å². The van der Waals surface area contributed by atoms with Gasteiger partial charge in [-0.3, -0.25) is 4.98 Å². The van der Waals surface area contributed by atoms with E-state index in [4.69, 9.17) is 0 Å². The summed E-state index contributed by atoms with van der Waals surface area (Å²) in [4.78, 5) is 6.39. The van der Waals surface area contributed by atoms with Crippen LogP contribution in [-0.2, 0) is 5.60 Å². The molecule has 1 fully saturated rings. The zero-order valence-electron chi connectivity index (χ0n) is 12.7. The lowest BCUT2D eigenvalue weighted by Crippen LogP contribution is -2.31. The van der Waals surface area contributed by atoms with Crippen molar-refractivity contribution in [2.24, 2.45) is 0 Å². The van der Waals surface area contributed by atoms with Gasteiger partial charge in [-0.2, -0.15) is 10.4 Å². The number of hydrogen-bond acceptors (Lipinski definition) is 5. The van der Waals surface area contributed by atoms with Gasteiger partial charge in [0.1, 0.15) is 17.2 Å². The van der Waals surface area contributed by atoms with Gasteiger partial charge in [-0.1, -0.05) is 6.07 Å². The lowest BCUT2D eigenvalue weighted by molar-refractivity contribution is 0.0561. The van der Waals surface area contributed by atoms with Crippen molar-refractivity contribution in [1.29, 1.82) is 5.26 Å². The van der Waals surface area contributed by atoms with E-state index in [2.05, 4.69) is 37.0 Å². The van der Waals surface area contributed by atoms with Crippen molar-refractivity contribution in [2.45, 2.75) is 12.0 Å². The van der Waals surface area contributed by atoms with Gasteiger partial charge in [0.05, 0.1) is 29.7 Å². The fourth-order valence-electron chi connectivity index (χ4n) is 3.24. The highest BCUT2D eigenvalue weighted by Gasteiger charge is 2.39. The Morgan fingerprint density at radius 3 is 3.00 bits per heavy atom. The predicted octanol–water partition coefficient (Wildman–Crippen LogP) is 2.46. The zero-order valence-corrected chi connectivity index (χ0v) is 14.3. The molecule has 4 heterocycles. The fraction of sp³-hybridized carbons (Fsp3) is 0.235. The summed E-state index contributed by atoms with van der Waals surface area (Å²) in [6.45, 7) is 1.10. The minimum absolute atomic E-state index is 0.423. The molecule has 0 amide bonds. The molecule has 1 unspecified atom stereocenters. The average molecular weight is 384 g/mol. The van der Waals surface area contributed by atoms with Gasteiger partial charge in [-0.15, -0.1) is 0 Å². The highest BCUT2D eigenvalue weighted by molar-refractivity contribution is 9.10. The van der Waals surface area contributed by atoms with Gasteiger partial charge in [-0.05, 0) is 34.1 Å². The van der Waals surface area contributed by atoms with Crippen LogP contribution in [0.4, 0.5) is 5.69 Å². The highest BCUT2D eigenvalue weighted by Crippen LogP contribution is 2.37. The Morgan fingerprint density at radius 2 is 2.25 bits per heavy atom. The highest BCUT2D eigenvalue weighted by atomic mass is 79.9. The molecule has 120 valence electrons. The summed E-state index contributed by atoms with van der Waals surface area (Å²) in [7, 11) is 0. The van der Waals surface area contributed by atoms with Gasteiger partial charge in [0.25, 0.3) is 0 Å². The maximum absolute atomic E-state index is 11.0. The molecule has 7 heteroatoms. The number of halogens is 1. The molecule has 0 bridgehead atoms. The number of nitrogens with zero attached hydrogens (tertiary/aromatic N) is 5. The summed E-state index contributed by atoms with van der Waals surface area (Å²) in [5, 5.41) is 24.6. The van der Waals surface area contributed by atoms with Gasteiger partial charge in [0.2, 0.25) is 0 Å². The van der Waals surface area contributed by atoms with Crippen LogP contribution in [0.25, 0.3) is 5.52 Å². The molecule has 0 aromatic carbocycles. The number of hydrogen-bond donors (Lipinski definition) is 1. The quantitative estimate of drug-likeness (QED) is 0.735. The monoisotopic (exact) mass is 383 g/mol. The SMILES string of the molecule is N#Cc1cnn2cc(Br)cc(N3CCC(O)(c4ccccn4)C3)c12. The van der Waals surface area contributed by atoms with Crippen LogP contribution >= 0.6 is 15.9 Å². The van der Waals surface area contributed by atoms with Crippen LogP contribution in [0, 0.1) is 11.3 Å². The zero-order chi connectivity index (χ0) is 16.7. The van der Waals surface area contributed by atoms with Crippen LogP contribution in [0.3, 0.4) is 0 Å². The van der Waals surface area contributed by atoms with Gasteiger partial charge in [0.15, 0.2) is 0 Å². The second-order valence-corrected chi connectivity index (χ2v) is 6.84.